The zero-order valence-electron chi connectivity index (χ0n) is 12.9. The number of carbonyl (C=O) groups excluding carboxylic acids is 1. The average Bonchev–Trinajstić information content (AvgIpc) is 3.11. The number of aryl methyl sites for hydroxylation is 1. The van der Waals surface area contributed by atoms with Gasteiger partial charge in [0.1, 0.15) is 5.82 Å². The molecule has 0 aliphatic rings. The largest absolute Gasteiger partial charge is 0.345 e. The average molecular weight is 377 g/mol. The van der Waals surface area contributed by atoms with Gasteiger partial charge in [0.15, 0.2) is 5.65 Å². The van der Waals surface area contributed by atoms with Crippen LogP contribution in [0, 0.1) is 6.92 Å². The van der Waals surface area contributed by atoms with Gasteiger partial charge in [0.05, 0.1) is 23.3 Å². The molecule has 0 atom stereocenters. The number of carbonyl (C=O) groups is 1. The Morgan fingerprint density at radius 3 is 3.04 bits per heavy atom. The molecule has 0 bridgehead atoms. The van der Waals surface area contributed by atoms with Crippen molar-refractivity contribution < 1.29 is 4.79 Å². The van der Waals surface area contributed by atoms with Crippen LogP contribution in [0.4, 0.5) is 4.79 Å². The minimum absolute atomic E-state index is 0.171. The summed E-state index contributed by atoms with van der Waals surface area (Å²) in [6.45, 7) is 2.73. The molecular weight excluding hydrogens is 360 g/mol. The van der Waals surface area contributed by atoms with E-state index >= 15 is 0 Å². The van der Waals surface area contributed by atoms with Gasteiger partial charge >= 0.3 is 6.03 Å². The normalized spacial score (nSPS) is 10.9. The molecule has 2 amide bonds. The van der Waals surface area contributed by atoms with E-state index in [9.17, 15) is 4.79 Å². The van der Waals surface area contributed by atoms with E-state index in [0.717, 1.165) is 27.3 Å². The molecule has 23 heavy (non-hydrogen) atoms. The molecule has 0 aromatic carbocycles. The zero-order valence-corrected chi connectivity index (χ0v) is 14.5. The van der Waals surface area contributed by atoms with Gasteiger partial charge in [0.2, 0.25) is 0 Å². The Hall–Kier alpha value is -2.35. The molecule has 3 aromatic rings. The van der Waals surface area contributed by atoms with E-state index in [0.29, 0.717) is 13.1 Å². The first-order valence-corrected chi connectivity index (χ1v) is 7.94. The number of fused-ring (bicyclic) bond motifs is 1. The molecule has 0 saturated carbocycles. The lowest BCUT2D eigenvalue weighted by molar-refractivity contribution is 0.205. The van der Waals surface area contributed by atoms with Gasteiger partial charge in [-0.3, -0.25) is 0 Å². The third kappa shape index (κ3) is 3.53. The summed E-state index contributed by atoms with van der Waals surface area (Å²) in [5, 5.41) is 2.86. The molecule has 3 heterocycles. The molecule has 3 aromatic heterocycles. The van der Waals surface area contributed by atoms with E-state index in [1.807, 2.05) is 35.9 Å². The minimum atomic E-state index is -0.171. The second-order valence-electron chi connectivity index (χ2n) is 5.35. The van der Waals surface area contributed by atoms with Crippen LogP contribution in [0.5, 0.6) is 0 Å². The lowest BCUT2D eigenvalue weighted by Gasteiger charge is -2.16. The highest BCUT2D eigenvalue weighted by molar-refractivity contribution is 9.10. The maximum Gasteiger partial charge on any atom is 0.317 e. The summed E-state index contributed by atoms with van der Waals surface area (Å²) in [7, 11) is 1.73. The Morgan fingerprint density at radius 2 is 2.35 bits per heavy atom. The number of aromatic nitrogens is 4. The van der Waals surface area contributed by atoms with Crippen molar-refractivity contribution in [2.75, 3.05) is 7.05 Å². The number of hydrogen-bond acceptors (Lipinski definition) is 3. The molecule has 7 nitrogen and oxygen atoms in total. The number of halogens is 1. The lowest BCUT2D eigenvalue weighted by atomic mass is 10.4. The summed E-state index contributed by atoms with van der Waals surface area (Å²) >= 11 is 3.46. The molecule has 8 heteroatoms. The molecule has 0 fully saturated rings. The Bertz CT molecular complexity index is 839. The van der Waals surface area contributed by atoms with E-state index < -0.39 is 0 Å². The van der Waals surface area contributed by atoms with Gasteiger partial charge in [0.25, 0.3) is 0 Å². The number of imidazole rings is 2. The predicted molar refractivity (Wildman–Crippen MR) is 89.9 cm³/mol. The van der Waals surface area contributed by atoms with Gasteiger partial charge in [-0.25, -0.2) is 14.8 Å². The molecule has 0 spiro atoms. The van der Waals surface area contributed by atoms with Crippen LogP contribution in [0.2, 0.25) is 0 Å². The van der Waals surface area contributed by atoms with Crippen molar-refractivity contribution in [1.29, 1.82) is 0 Å². The van der Waals surface area contributed by atoms with Crippen LogP contribution in [0.1, 0.15) is 17.2 Å². The van der Waals surface area contributed by atoms with E-state index in [4.69, 9.17) is 0 Å². The highest BCUT2D eigenvalue weighted by Crippen LogP contribution is 2.16. The monoisotopic (exact) mass is 376 g/mol. The third-order valence-corrected chi connectivity index (χ3v) is 4.01. The summed E-state index contributed by atoms with van der Waals surface area (Å²) in [5.41, 5.74) is 2.60. The Labute approximate surface area is 141 Å². The Balaban J connectivity index is 1.60. The summed E-state index contributed by atoms with van der Waals surface area (Å²) in [6, 6.07) is 3.69. The maximum atomic E-state index is 12.1. The molecule has 3 rings (SSSR count). The maximum absolute atomic E-state index is 12.1. The second kappa shape index (κ2) is 6.41. The molecule has 0 aliphatic carbocycles. The van der Waals surface area contributed by atoms with Gasteiger partial charge in [-0.1, -0.05) is 0 Å². The first kappa shape index (κ1) is 15.5. The van der Waals surface area contributed by atoms with Gasteiger partial charge in [-0.15, -0.1) is 0 Å². The number of hydrogen-bond donors (Lipinski definition) is 2. The summed E-state index contributed by atoms with van der Waals surface area (Å²) in [6.07, 6.45) is 5.57. The van der Waals surface area contributed by atoms with Crippen LogP contribution < -0.4 is 5.32 Å². The van der Waals surface area contributed by atoms with E-state index in [1.54, 1.807) is 18.1 Å². The number of H-pyrrole nitrogens is 1. The summed E-state index contributed by atoms with van der Waals surface area (Å²) in [5.74, 6) is 0.761. The van der Waals surface area contributed by atoms with Crippen LogP contribution in [0.25, 0.3) is 5.65 Å². The van der Waals surface area contributed by atoms with Gasteiger partial charge in [0, 0.05) is 31.3 Å². The molecule has 0 saturated heterocycles. The number of aromatic amines is 1. The lowest BCUT2D eigenvalue weighted by Crippen LogP contribution is -2.36. The smallest absolute Gasteiger partial charge is 0.317 e. The topological polar surface area (TPSA) is 78.3 Å². The molecule has 0 radical (unpaired) electrons. The van der Waals surface area contributed by atoms with Gasteiger partial charge < -0.3 is 19.6 Å². The second-order valence-corrected chi connectivity index (χ2v) is 6.20. The number of rotatable bonds is 4. The van der Waals surface area contributed by atoms with Crippen LogP contribution in [0.15, 0.2) is 35.2 Å². The number of pyridine rings is 1. The summed E-state index contributed by atoms with van der Waals surface area (Å²) in [4.78, 5) is 25.5. The van der Waals surface area contributed by atoms with Crippen LogP contribution in [0.3, 0.4) is 0 Å². The molecule has 0 unspecified atom stereocenters. The van der Waals surface area contributed by atoms with Gasteiger partial charge in [-0.2, -0.15) is 0 Å². The van der Waals surface area contributed by atoms with E-state index in [1.165, 1.54) is 0 Å². The van der Waals surface area contributed by atoms with E-state index in [-0.39, 0.29) is 6.03 Å². The fourth-order valence-electron chi connectivity index (χ4n) is 2.26. The highest BCUT2D eigenvalue weighted by atomic mass is 79.9. The standard InChI is InChI=1S/C15H17BrN6O/c1-10-6-17-13(19-10)9-21(2)15(23)18-7-11-8-22-5-3-4-12(16)14(22)20-11/h3-6,8H,7,9H2,1-2H3,(H,17,19)(H,18,23). The fraction of sp³-hybridized carbons (Fsp3) is 0.267. The minimum Gasteiger partial charge on any atom is -0.345 e. The van der Waals surface area contributed by atoms with Crippen molar-refractivity contribution in [3.8, 4) is 0 Å². The first-order chi connectivity index (χ1) is 11.0. The van der Waals surface area contributed by atoms with Crippen molar-refractivity contribution in [1.82, 2.24) is 29.6 Å². The van der Waals surface area contributed by atoms with Crippen molar-refractivity contribution in [3.05, 3.63) is 52.4 Å². The first-order valence-electron chi connectivity index (χ1n) is 7.14. The number of nitrogens with zero attached hydrogens (tertiary/aromatic N) is 4. The predicted octanol–water partition coefficient (Wildman–Crippen LogP) is 2.47. The fourth-order valence-corrected chi connectivity index (χ4v) is 2.71. The number of nitrogens with one attached hydrogen (secondary N) is 2. The molecular formula is C15H17BrN6O. The Morgan fingerprint density at radius 1 is 1.52 bits per heavy atom. The molecule has 0 aliphatic heterocycles. The number of amides is 2. The quantitative estimate of drug-likeness (QED) is 0.733. The van der Waals surface area contributed by atoms with Gasteiger partial charge in [-0.05, 0) is 35.0 Å². The number of urea groups is 1. The van der Waals surface area contributed by atoms with Crippen molar-refractivity contribution in [2.45, 2.75) is 20.0 Å². The van der Waals surface area contributed by atoms with Crippen molar-refractivity contribution >= 4 is 27.6 Å². The summed E-state index contributed by atoms with van der Waals surface area (Å²) < 4.78 is 2.84. The van der Waals surface area contributed by atoms with E-state index in [2.05, 4.69) is 36.2 Å². The molecule has 120 valence electrons. The van der Waals surface area contributed by atoms with Crippen molar-refractivity contribution in [2.24, 2.45) is 0 Å². The SMILES string of the molecule is Cc1cnc(CN(C)C(=O)NCc2cn3cccc(Br)c3n2)[nH]1. The molecule has 2 N–H and O–H groups in total. The Kier molecular flexibility index (Phi) is 4.33. The van der Waals surface area contributed by atoms with Crippen LogP contribution >= 0.6 is 15.9 Å². The highest BCUT2D eigenvalue weighted by Gasteiger charge is 2.11. The zero-order chi connectivity index (χ0) is 16.4. The van der Waals surface area contributed by atoms with Crippen LogP contribution in [-0.2, 0) is 13.1 Å². The van der Waals surface area contributed by atoms with Crippen LogP contribution in [-0.4, -0.2) is 37.3 Å². The van der Waals surface area contributed by atoms with Crippen molar-refractivity contribution in [3.63, 3.8) is 0 Å². The third-order valence-electron chi connectivity index (χ3n) is 3.39.